The lowest BCUT2D eigenvalue weighted by Crippen LogP contribution is -2.31. The van der Waals surface area contributed by atoms with E-state index in [1.165, 1.54) is 18.2 Å². The first kappa shape index (κ1) is 17.6. The van der Waals surface area contributed by atoms with Gasteiger partial charge < -0.3 is 9.64 Å². The zero-order valence-corrected chi connectivity index (χ0v) is 14.1. The number of nitrogens with zero attached hydrogens (tertiary/aromatic N) is 1. The second kappa shape index (κ2) is 6.59. The van der Waals surface area contributed by atoms with Crippen molar-refractivity contribution in [3.05, 3.63) is 58.6 Å². The van der Waals surface area contributed by atoms with Crippen molar-refractivity contribution in [1.29, 1.82) is 0 Å². The molecule has 1 amide bonds. The van der Waals surface area contributed by atoms with Crippen LogP contribution < -0.4 is 9.64 Å². The lowest BCUT2D eigenvalue weighted by atomic mass is 10.1. The van der Waals surface area contributed by atoms with Crippen molar-refractivity contribution in [3.8, 4) is 5.75 Å². The standard InChI is InChI=1S/C18H15ClF3NO2/c1-11(18(20,21)22)25-13-5-2-4-12(10-13)17(24)23-9-8-14-15(19)6-3-7-16(14)23/h2-7,10-11H,8-9H2,1H3. The highest BCUT2D eigenvalue weighted by molar-refractivity contribution is 6.32. The van der Waals surface area contributed by atoms with E-state index in [4.69, 9.17) is 16.3 Å². The molecule has 0 N–H and O–H groups in total. The Morgan fingerprint density at radius 2 is 1.96 bits per heavy atom. The summed E-state index contributed by atoms with van der Waals surface area (Å²) < 4.78 is 42.8. The largest absolute Gasteiger partial charge is 0.481 e. The predicted octanol–water partition coefficient (Wildman–Crippen LogP) is 4.87. The van der Waals surface area contributed by atoms with Gasteiger partial charge in [0.1, 0.15) is 5.75 Å². The summed E-state index contributed by atoms with van der Waals surface area (Å²) in [5.74, 6) is -0.299. The first-order valence-corrected chi connectivity index (χ1v) is 8.08. The van der Waals surface area contributed by atoms with Crippen molar-refractivity contribution >= 4 is 23.2 Å². The molecule has 25 heavy (non-hydrogen) atoms. The quantitative estimate of drug-likeness (QED) is 0.772. The summed E-state index contributed by atoms with van der Waals surface area (Å²) in [6, 6.07) is 11.1. The van der Waals surface area contributed by atoms with Crippen molar-refractivity contribution in [2.24, 2.45) is 0 Å². The van der Waals surface area contributed by atoms with Crippen LogP contribution in [0.1, 0.15) is 22.8 Å². The van der Waals surface area contributed by atoms with Crippen LogP contribution in [0.25, 0.3) is 0 Å². The highest BCUT2D eigenvalue weighted by Gasteiger charge is 2.38. The van der Waals surface area contributed by atoms with Crippen molar-refractivity contribution in [2.45, 2.75) is 25.6 Å². The summed E-state index contributed by atoms with van der Waals surface area (Å²) in [5.41, 5.74) is 1.89. The van der Waals surface area contributed by atoms with E-state index in [0.29, 0.717) is 18.0 Å². The lowest BCUT2D eigenvalue weighted by molar-refractivity contribution is -0.189. The number of rotatable bonds is 3. The van der Waals surface area contributed by atoms with Crippen LogP contribution >= 0.6 is 11.6 Å². The number of benzene rings is 2. The molecule has 3 nitrogen and oxygen atoms in total. The number of carbonyl (C=O) groups is 1. The van der Waals surface area contributed by atoms with Gasteiger partial charge in [-0.2, -0.15) is 13.2 Å². The summed E-state index contributed by atoms with van der Waals surface area (Å²) in [6.45, 7) is 1.40. The maximum Gasteiger partial charge on any atom is 0.425 e. The Balaban J connectivity index is 1.83. The SMILES string of the molecule is CC(Oc1cccc(C(=O)N2CCc3c(Cl)cccc32)c1)C(F)(F)F. The van der Waals surface area contributed by atoms with Gasteiger partial charge in [-0.05, 0) is 49.2 Å². The van der Waals surface area contributed by atoms with Crippen LogP contribution in [-0.4, -0.2) is 24.7 Å². The van der Waals surface area contributed by atoms with Gasteiger partial charge in [0.25, 0.3) is 5.91 Å². The van der Waals surface area contributed by atoms with Gasteiger partial charge >= 0.3 is 6.18 Å². The van der Waals surface area contributed by atoms with Crippen LogP contribution in [-0.2, 0) is 6.42 Å². The third kappa shape index (κ3) is 3.58. The van der Waals surface area contributed by atoms with E-state index in [0.717, 1.165) is 18.2 Å². The summed E-state index contributed by atoms with van der Waals surface area (Å²) in [6.07, 6.45) is -5.78. The van der Waals surface area contributed by atoms with Crippen LogP contribution in [0.4, 0.5) is 18.9 Å². The molecule has 1 atom stereocenters. The molecule has 0 spiro atoms. The molecule has 3 rings (SSSR count). The number of halogens is 4. The Morgan fingerprint density at radius 3 is 2.68 bits per heavy atom. The molecule has 0 radical (unpaired) electrons. The number of amides is 1. The van der Waals surface area contributed by atoms with E-state index < -0.39 is 12.3 Å². The normalized spacial score (nSPS) is 15.0. The Labute approximate surface area is 148 Å². The highest BCUT2D eigenvalue weighted by atomic mass is 35.5. The summed E-state index contributed by atoms with van der Waals surface area (Å²) in [7, 11) is 0. The minimum atomic E-state index is -4.47. The van der Waals surface area contributed by atoms with Crippen molar-refractivity contribution in [2.75, 3.05) is 11.4 Å². The molecular weight excluding hydrogens is 355 g/mol. The van der Waals surface area contributed by atoms with E-state index in [1.807, 2.05) is 0 Å². The van der Waals surface area contributed by atoms with Gasteiger partial charge in [0.05, 0.1) is 0 Å². The topological polar surface area (TPSA) is 29.5 Å². The summed E-state index contributed by atoms with van der Waals surface area (Å²) >= 11 is 6.15. The Hall–Kier alpha value is -2.21. The average molecular weight is 370 g/mol. The van der Waals surface area contributed by atoms with Crippen LogP contribution in [0.5, 0.6) is 5.75 Å². The monoisotopic (exact) mass is 369 g/mol. The van der Waals surface area contributed by atoms with Crippen LogP contribution in [0, 0.1) is 0 Å². The van der Waals surface area contributed by atoms with Gasteiger partial charge in [-0.1, -0.05) is 23.7 Å². The zero-order valence-electron chi connectivity index (χ0n) is 13.3. The number of alkyl halides is 3. The molecule has 0 fully saturated rings. The highest BCUT2D eigenvalue weighted by Crippen LogP contribution is 2.34. The van der Waals surface area contributed by atoms with E-state index in [1.54, 1.807) is 29.2 Å². The maximum absolute atomic E-state index is 12.8. The molecule has 0 bridgehead atoms. The van der Waals surface area contributed by atoms with Crippen molar-refractivity contribution in [1.82, 2.24) is 0 Å². The maximum atomic E-state index is 12.8. The van der Waals surface area contributed by atoms with Gasteiger partial charge in [0.15, 0.2) is 6.10 Å². The first-order valence-electron chi connectivity index (χ1n) is 7.70. The van der Waals surface area contributed by atoms with Crippen molar-refractivity contribution < 1.29 is 22.7 Å². The lowest BCUT2D eigenvalue weighted by Gasteiger charge is -2.20. The molecule has 1 aliphatic rings. The fourth-order valence-electron chi connectivity index (χ4n) is 2.73. The Morgan fingerprint density at radius 1 is 1.24 bits per heavy atom. The molecule has 1 aliphatic heterocycles. The molecule has 132 valence electrons. The van der Waals surface area contributed by atoms with Crippen LogP contribution in [0.3, 0.4) is 0 Å². The molecule has 1 heterocycles. The number of hydrogen-bond donors (Lipinski definition) is 0. The average Bonchev–Trinajstić information content (AvgIpc) is 2.99. The van der Waals surface area contributed by atoms with Gasteiger partial charge in [-0.15, -0.1) is 0 Å². The minimum Gasteiger partial charge on any atom is -0.481 e. The van der Waals surface area contributed by atoms with Gasteiger partial charge in [0.2, 0.25) is 0 Å². The van der Waals surface area contributed by atoms with Crippen molar-refractivity contribution in [3.63, 3.8) is 0 Å². The van der Waals surface area contributed by atoms with Gasteiger partial charge in [0, 0.05) is 22.8 Å². The molecule has 2 aromatic rings. The third-order valence-electron chi connectivity index (χ3n) is 4.07. The molecule has 2 aromatic carbocycles. The Bertz CT molecular complexity index is 807. The molecule has 0 saturated heterocycles. The molecular formula is C18H15ClF3NO2. The fraction of sp³-hybridized carbons (Fsp3) is 0.278. The fourth-order valence-corrected chi connectivity index (χ4v) is 3.00. The Kier molecular flexibility index (Phi) is 4.64. The predicted molar refractivity (Wildman–Crippen MR) is 89.4 cm³/mol. The van der Waals surface area contributed by atoms with E-state index >= 15 is 0 Å². The van der Waals surface area contributed by atoms with Crippen LogP contribution in [0.15, 0.2) is 42.5 Å². The molecule has 7 heteroatoms. The second-order valence-electron chi connectivity index (χ2n) is 5.77. The summed E-state index contributed by atoms with van der Waals surface area (Å²) in [4.78, 5) is 14.3. The molecule has 1 unspecified atom stereocenters. The van der Waals surface area contributed by atoms with E-state index in [9.17, 15) is 18.0 Å². The third-order valence-corrected chi connectivity index (χ3v) is 4.42. The minimum absolute atomic E-state index is 0.00110. The zero-order chi connectivity index (χ0) is 18.2. The number of anilines is 1. The number of hydrogen-bond acceptors (Lipinski definition) is 2. The van der Waals surface area contributed by atoms with E-state index in [-0.39, 0.29) is 17.2 Å². The van der Waals surface area contributed by atoms with E-state index in [2.05, 4.69) is 0 Å². The molecule has 0 aliphatic carbocycles. The smallest absolute Gasteiger partial charge is 0.425 e. The number of carbonyl (C=O) groups excluding carboxylic acids is 1. The summed E-state index contributed by atoms with van der Waals surface area (Å²) in [5, 5.41) is 0.601. The van der Waals surface area contributed by atoms with Crippen LogP contribution in [0.2, 0.25) is 5.02 Å². The molecule has 0 saturated carbocycles. The molecule has 0 aromatic heterocycles. The number of fused-ring (bicyclic) bond motifs is 1. The second-order valence-corrected chi connectivity index (χ2v) is 6.18. The van der Waals surface area contributed by atoms with Gasteiger partial charge in [-0.3, -0.25) is 4.79 Å². The number of ether oxygens (including phenoxy) is 1. The first-order chi connectivity index (χ1) is 11.8. The van der Waals surface area contributed by atoms with Gasteiger partial charge in [-0.25, -0.2) is 0 Å².